The average molecular weight is 384 g/mol. The van der Waals surface area contributed by atoms with Gasteiger partial charge in [0.15, 0.2) is 18.4 Å². The van der Waals surface area contributed by atoms with Crippen LogP contribution in [0.4, 0.5) is 11.4 Å². The van der Waals surface area contributed by atoms with Crippen molar-refractivity contribution >= 4 is 29.0 Å². The molecule has 28 heavy (non-hydrogen) atoms. The van der Waals surface area contributed by atoms with Gasteiger partial charge in [-0.2, -0.15) is 0 Å². The maximum Gasteiger partial charge on any atom is 0.282 e. The van der Waals surface area contributed by atoms with Gasteiger partial charge in [-0.1, -0.05) is 6.07 Å². The first-order chi connectivity index (χ1) is 13.3. The highest BCUT2D eigenvalue weighted by Crippen LogP contribution is 2.24. The van der Waals surface area contributed by atoms with E-state index in [1.807, 2.05) is 19.1 Å². The van der Waals surface area contributed by atoms with Crippen LogP contribution in [-0.4, -0.2) is 37.3 Å². The van der Waals surface area contributed by atoms with E-state index in [0.29, 0.717) is 22.7 Å². The van der Waals surface area contributed by atoms with Gasteiger partial charge in [-0.15, -0.1) is 0 Å². The van der Waals surface area contributed by atoms with E-state index in [1.54, 1.807) is 49.7 Å². The fourth-order valence-electron chi connectivity index (χ4n) is 2.56. The molecular weight excluding hydrogens is 358 g/mol. The van der Waals surface area contributed by atoms with Gasteiger partial charge >= 0.3 is 0 Å². The van der Waals surface area contributed by atoms with Gasteiger partial charge in [0, 0.05) is 11.3 Å². The van der Waals surface area contributed by atoms with Gasteiger partial charge in [0.25, 0.3) is 11.8 Å². The third-order valence-corrected chi connectivity index (χ3v) is 4.26. The summed E-state index contributed by atoms with van der Waals surface area (Å²) in [5.41, 5.74) is 2.79. The van der Waals surface area contributed by atoms with Crippen LogP contribution in [0.5, 0.6) is 5.75 Å². The van der Waals surface area contributed by atoms with E-state index in [-0.39, 0.29) is 24.1 Å². The lowest BCUT2D eigenvalue weighted by molar-refractivity contribution is -0.662. The normalized spacial score (nSPS) is 11.4. The second kappa shape index (κ2) is 9.66. The fraction of sp³-hybridized carbons (Fsp3) is 0.286. The van der Waals surface area contributed by atoms with Crippen molar-refractivity contribution in [1.29, 1.82) is 0 Å². The number of ketones is 1. The van der Waals surface area contributed by atoms with Crippen molar-refractivity contribution in [2.24, 2.45) is 0 Å². The Balaban J connectivity index is 1.86. The van der Waals surface area contributed by atoms with Crippen LogP contribution < -0.4 is 20.7 Å². The zero-order chi connectivity index (χ0) is 20.7. The molecule has 2 aromatic rings. The third-order valence-electron chi connectivity index (χ3n) is 4.26. The minimum atomic E-state index is -0.461. The molecular formula is C21H26N3O4+. The van der Waals surface area contributed by atoms with Crippen molar-refractivity contribution in [2.45, 2.75) is 26.8 Å². The van der Waals surface area contributed by atoms with Gasteiger partial charge in [-0.05, 0) is 62.7 Å². The molecule has 0 aromatic heterocycles. The molecule has 0 spiro atoms. The van der Waals surface area contributed by atoms with E-state index >= 15 is 0 Å². The zero-order valence-corrected chi connectivity index (χ0v) is 16.5. The minimum Gasteiger partial charge on any atom is -0.495 e. The summed E-state index contributed by atoms with van der Waals surface area (Å²) in [6.07, 6.45) is 0. The number of benzene rings is 2. The van der Waals surface area contributed by atoms with Crippen LogP contribution >= 0.6 is 0 Å². The number of hydrogen-bond acceptors (Lipinski definition) is 4. The molecule has 7 nitrogen and oxygen atoms in total. The number of nitrogens with two attached hydrogens (primary N) is 1. The Hall–Kier alpha value is -3.19. The molecule has 0 aliphatic carbocycles. The van der Waals surface area contributed by atoms with Crippen LogP contribution in [0.15, 0.2) is 42.5 Å². The topological polar surface area (TPSA) is 101 Å². The van der Waals surface area contributed by atoms with E-state index in [2.05, 4.69) is 10.6 Å². The summed E-state index contributed by atoms with van der Waals surface area (Å²) in [5, 5.41) is 7.23. The van der Waals surface area contributed by atoms with Crippen LogP contribution in [0, 0.1) is 6.92 Å². The third kappa shape index (κ3) is 5.92. The largest absolute Gasteiger partial charge is 0.495 e. The highest BCUT2D eigenvalue weighted by atomic mass is 16.5. The molecule has 4 N–H and O–H groups in total. The van der Waals surface area contributed by atoms with Crippen molar-refractivity contribution in [2.75, 3.05) is 24.3 Å². The number of quaternary nitrogens is 1. The van der Waals surface area contributed by atoms with Crippen molar-refractivity contribution in [3.05, 3.63) is 53.6 Å². The van der Waals surface area contributed by atoms with Crippen LogP contribution in [-0.2, 0) is 9.59 Å². The Morgan fingerprint density at radius 2 is 1.75 bits per heavy atom. The predicted octanol–water partition coefficient (Wildman–Crippen LogP) is 1.74. The van der Waals surface area contributed by atoms with E-state index in [1.165, 1.54) is 6.92 Å². The summed E-state index contributed by atoms with van der Waals surface area (Å²) in [4.78, 5) is 35.8. The Labute approximate surface area is 164 Å². The molecule has 148 valence electrons. The molecule has 0 radical (unpaired) electrons. The van der Waals surface area contributed by atoms with Crippen molar-refractivity contribution in [3.63, 3.8) is 0 Å². The van der Waals surface area contributed by atoms with Gasteiger partial charge in [-0.3, -0.25) is 14.4 Å². The molecule has 0 aliphatic heterocycles. The average Bonchev–Trinajstić information content (AvgIpc) is 2.66. The van der Waals surface area contributed by atoms with Crippen molar-refractivity contribution in [3.8, 4) is 5.75 Å². The lowest BCUT2D eigenvalue weighted by Crippen LogP contribution is -2.93. The molecule has 0 saturated heterocycles. The first kappa shape index (κ1) is 21.1. The Morgan fingerprint density at radius 1 is 1.07 bits per heavy atom. The minimum absolute atomic E-state index is 0.0316. The molecule has 0 heterocycles. The molecule has 7 heteroatoms. The van der Waals surface area contributed by atoms with E-state index in [4.69, 9.17) is 4.74 Å². The number of methoxy groups -OCH3 is 1. The highest BCUT2D eigenvalue weighted by Gasteiger charge is 2.18. The standard InChI is InChI=1S/C21H25N3O4/c1-13-5-10-19(28-4)18(11-13)24-20(26)12-22-14(2)21(27)23-17-8-6-16(7-9-17)15(3)25/h5-11,14,22H,12H2,1-4H3,(H,23,27)(H,24,26)/p+1/t14-/m1/s1. The number of rotatable bonds is 8. The Bertz CT molecular complexity index is 862. The second-order valence-electron chi connectivity index (χ2n) is 6.60. The SMILES string of the molecule is COc1ccc(C)cc1NC(=O)C[NH2+][C@H](C)C(=O)Nc1ccc(C(C)=O)cc1. The predicted molar refractivity (Wildman–Crippen MR) is 108 cm³/mol. The van der Waals surface area contributed by atoms with Gasteiger partial charge in [0.1, 0.15) is 5.75 Å². The molecule has 0 aliphatic rings. The maximum atomic E-state index is 12.3. The summed E-state index contributed by atoms with van der Waals surface area (Å²) in [5.74, 6) is 0.0976. The van der Waals surface area contributed by atoms with Gasteiger partial charge in [0.2, 0.25) is 0 Å². The van der Waals surface area contributed by atoms with Crippen molar-refractivity contribution < 1.29 is 24.4 Å². The molecule has 0 fully saturated rings. The maximum absolute atomic E-state index is 12.3. The Morgan fingerprint density at radius 3 is 2.36 bits per heavy atom. The summed E-state index contributed by atoms with van der Waals surface area (Å²) in [6.45, 7) is 5.23. The number of anilines is 2. The van der Waals surface area contributed by atoms with Gasteiger partial charge < -0.3 is 20.7 Å². The number of carbonyl (C=O) groups excluding carboxylic acids is 3. The first-order valence-electron chi connectivity index (χ1n) is 9.00. The van der Waals surface area contributed by atoms with Crippen molar-refractivity contribution in [1.82, 2.24) is 0 Å². The summed E-state index contributed by atoms with van der Waals surface area (Å²) in [6, 6.07) is 11.7. The number of carbonyl (C=O) groups is 3. The van der Waals surface area contributed by atoms with Gasteiger partial charge in [-0.25, -0.2) is 0 Å². The van der Waals surface area contributed by atoms with Crippen LogP contribution in [0.3, 0.4) is 0 Å². The smallest absolute Gasteiger partial charge is 0.282 e. The van der Waals surface area contributed by atoms with Gasteiger partial charge in [0.05, 0.1) is 12.8 Å². The van der Waals surface area contributed by atoms with E-state index < -0.39 is 6.04 Å². The summed E-state index contributed by atoms with van der Waals surface area (Å²) in [7, 11) is 1.54. The molecule has 0 bridgehead atoms. The number of aryl methyl sites for hydroxylation is 1. The van der Waals surface area contributed by atoms with Crippen LogP contribution in [0.25, 0.3) is 0 Å². The number of Topliss-reactive ketones (excluding diaryl/α,β-unsaturated/α-hetero) is 1. The monoisotopic (exact) mass is 384 g/mol. The molecule has 1 atom stereocenters. The fourth-order valence-corrected chi connectivity index (χ4v) is 2.56. The molecule has 2 rings (SSSR count). The molecule has 0 saturated carbocycles. The lowest BCUT2D eigenvalue weighted by atomic mass is 10.1. The lowest BCUT2D eigenvalue weighted by Gasteiger charge is -2.13. The first-order valence-corrected chi connectivity index (χ1v) is 9.00. The number of amides is 2. The summed E-state index contributed by atoms with van der Waals surface area (Å²) >= 11 is 0. The second-order valence-corrected chi connectivity index (χ2v) is 6.60. The molecule has 2 amide bonds. The number of hydrogen-bond donors (Lipinski definition) is 3. The Kier molecular flexibility index (Phi) is 7.28. The zero-order valence-electron chi connectivity index (χ0n) is 16.5. The number of nitrogens with one attached hydrogen (secondary N) is 2. The van der Waals surface area contributed by atoms with Crippen LogP contribution in [0.2, 0.25) is 0 Å². The molecule has 0 unspecified atom stereocenters. The number of ether oxygens (including phenoxy) is 1. The highest BCUT2D eigenvalue weighted by molar-refractivity contribution is 5.97. The molecule has 2 aromatic carbocycles. The quantitative estimate of drug-likeness (QED) is 0.604. The van der Waals surface area contributed by atoms with E-state index in [9.17, 15) is 14.4 Å². The van der Waals surface area contributed by atoms with E-state index in [0.717, 1.165) is 5.56 Å². The summed E-state index contributed by atoms with van der Waals surface area (Å²) < 4.78 is 5.24. The van der Waals surface area contributed by atoms with Crippen LogP contribution in [0.1, 0.15) is 29.8 Å².